The van der Waals surface area contributed by atoms with Gasteiger partial charge in [-0.05, 0) is 33.6 Å². The van der Waals surface area contributed by atoms with Crippen LogP contribution in [0.4, 0.5) is 4.79 Å². The van der Waals surface area contributed by atoms with Gasteiger partial charge in [0.1, 0.15) is 5.60 Å². The minimum absolute atomic E-state index is 0.0387. The Kier molecular flexibility index (Phi) is 6.66. The first-order valence-corrected chi connectivity index (χ1v) is 7.90. The Hall–Kier alpha value is -1.30. The van der Waals surface area contributed by atoms with Crippen molar-refractivity contribution in [2.45, 2.75) is 53.2 Å². The monoisotopic (exact) mass is 315 g/mol. The summed E-state index contributed by atoms with van der Waals surface area (Å²) in [5.41, 5.74) is -0.490. The Balaban J connectivity index is 2.33. The molecule has 128 valence electrons. The number of amides is 1. The number of carbonyl (C=O) groups is 2. The van der Waals surface area contributed by atoms with Gasteiger partial charge in [-0.2, -0.15) is 0 Å². The van der Waals surface area contributed by atoms with Crippen molar-refractivity contribution in [3.63, 3.8) is 0 Å². The molecule has 0 bridgehead atoms. The van der Waals surface area contributed by atoms with Crippen molar-refractivity contribution in [2.24, 2.45) is 11.8 Å². The maximum absolute atomic E-state index is 11.8. The van der Waals surface area contributed by atoms with Crippen LogP contribution in [-0.2, 0) is 19.0 Å². The zero-order valence-electron chi connectivity index (χ0n) is 14.5. The van der Waals surface area contributed by atoms with Crippen LogP contribution in [0.1, 0.15) is 41.5 Å². The van der Waals surface area contributed by atoms with E-state index in [4.69, 9.17) is 14.2 Å². The SMILES string of the molecule is CCOC(=O)C(COC1CN(C(=O)OC(C)(C)C)C1)C(C)C. The smallest absolute Gasteiger partial charge is 0.410 e. The number of rotatable bonds is 6. The van der Waals surface area contributed by atoms with Gasteiger partial charge in [-0.25, -0.2) is 4.79 Å². The molecule has 0 aromatic rings. The van der Waals surface area contributed by atoms with Crippen molar-refractivity contribution in [1.82, 2.24) is 4.90 Å². The van der Waals surface area contributed by atoms with Gasteiger partial charge < -0.3 is 19.1 Å². The molecule has 0 spiro atoms. The van der Waals surface area contributed by atoms with E-state index in [2.05, 4.69) is 0 Å². The second-order valence-corrected chi connectivity index (χ2v) is 6.94. The highest BCUT2D eigenvalue weighted by Crippen LogP contribution is 2.20. The number of likely N-dealkylation sites (tertiary alicyclic amines) is 1. The summed E-state index contributed by atoms with van der Waals surface area (Å²) in [6.45, 7) is 13.0. The summed E-state index contributed by atoms with van der Waals surface area (Å²) in [4.78, 5) is 25.2. The van der Waals surface area contributed by atoms with Crippen LogP contribution in [0.15, 0.2) is 0 Å². The Morgan fingerprint density at radius 3 is 2.27 bits per heavy atom. The molecule has 1 amide bonds. The van der Waals surface area contributed by atoms with Gasteiger partial charge in [0.2, 0.25) is 0 Å². The van der Waals surface area contributed by atoms with Crippen molar-refractivity contribution < 1.29 is 23.8 Å². The molecule has 0 saturated carbocycles. The largest absolute Gasteiger partial charge is 0.466 e. The topological polar surface area (TPSA) is 65.1 Å². The average Bonchev–Trinajstić information content (AvgIpc) is 2.28. The highest BCUT2D eigenvalue weighted by Gasteiger charge is 2.35. The third-order valence-corrected chi connectivity index (χ3v) is 3.41. The van der Waals surface area contributed by atoms with Crippen molar-refractivity contribution in [2.75, 3.05) is 26.3 Å². The predicted molar refractivity (Wildman–Crippen MR) is 82.5 cm³/mol. The minimum Gasteiger partial charge on any atom is -0.466 e. The Morgan fingerprint density at radius 1 is 1.23 bits per heavy atom. The molecule has 1 saturated heterocycles. The van der Waals surface area contributed by atoms with Gasteiger partial charge in [0.05, 0.1) is 38.3 Å². The summed E-state index contributed by atoms with van der Waals surface area (Å²) in [6.07, 6.45) is -0.360. The second-order valence-electron chi connectivity index (χ2n) is 6.94. The lowest BCUT2D eigenvalue weighted by molar-refractivity contribution is -0.155. The molecule has 1 fully saturated rings. The van der Waals surface area contributed by atoms with E-state index in [1.165, 1.54) is 0 Å². The van der Waals surface area contributed by atoms with Gasteiger partial charge in [-0.15, -0.1) is 0 Å². The van der Waals surface area contributed by atoms with Crippen LogP contribution >= 0.6 is 0 Å². The Labute approximate surface area is 133 Å². The number of ether oxygens (including phenoxy) is 3. The zero-order valence-corrected chi connectivity index (χ0v) is 14.5. The van der Waals surface area contributed by atoms with Crippen LogP contribution in [0, 0.1) is 11.8 Å². The molecule has 0 aromatic carbocycles. The summed E-state index contributed by atoms with van der Waals surface area (Å²) in [5.74, 6) is -0.336. The van der Waals surface area contributed by atoms with Gasteiger partial charge in [0.15, 0.2) is 0 Å². The van der Waals surface area contributed by atoms with E-state index in [9.17, 15) is 9.59 Å². The normalized spacial score (nSPS) is 17.1. The van der Waals surface area contributed by atoms with Crippen LogP contribution in [0.2, 0.25) is 0 Å². The summed E-state index contributed by atoms with van der Waals surface area (Å²) in [6, 6.07) is 0. The molecular weight excluding hydrogens is 286 g/mol. The molecule has 0 aliphatic carbocycles. The number of carbonyl (C=O) groups excluding carboxylic acids is 2. The highest BCUT2D eigenvalue weighted by atomic mass is 16.6. The lowest BCUT2D eigenvalue weighted by Crippen LogP contribution is -2.56. The molecule has 1 aliphatic rings. The van der Waals surface area contributed by atoms with E-state index < -0.39 is 5.60 Å². The summed E-state index contributed by atoms with van der Waals surface area (Å²) in [5, 5.41) is 0. The molecule has 0 radical (unpaired) electrons. The van der Waals surface area contributed by atoms with E-state index in [1.807, 2.05) is 34.6 Å². The van der Waals surface area contributed by atoms with Crippen molar-refractivity contribution in [3.8, 4) is 0 Å². The van der Waals surface area contributed by atoms with Crippen LogP contribution in [-0.4, -0.2) is 55.0 Å². The van der Waals surface area contributed by atoms with Crippen molar-refractivity contribution >= 4 is 12.1 Å². The Morgan fingerprint density at radius 2 is 1.82 bits per heavy atom. The first-order chi connectivity index (χ1) is 10.1. The zero-order chi connectivity index (χ0) is 16.9. The molecule has 1 unspecified atom stereocenters. The number of hydrogen-bond donors (Lipinski definition) is 0. The molecule has 6 heteroatoms. The predicted octanol–water partition coefficient (Wildman–Crippen LogP) is 2.46. The number of hydrogen-bond acceptors (Lipinski definition) is 5. The van der Waals surface area contributed by atoms with Gasteiger partial charge in [-0.3, -0.25) is 4.79 Å². The third-order valence-electron chi connectivity index (χ3n) is 3.41. The van der Waals surface area contributed by atoms with E-state index in [0.29, 0.717) is 26.3 Å². The molecule has 1 atom stereocenters. The lowest BCUT2D eigenvalue weighted by Gasteiger charge is -2.39. The van der Waals surface area contributed by atoms with Crippen LogP contribution < -0.4 is 0 Å². The molecule has 0 aromatic heterocycles. The first-order valence-electron chi connectivity index (χ1n) is 7.90. The van der Waals surface area contributed by atoms with E-state index in [-0.39, 0.29) is 30.0 Å². The fourth-order valence-electron chi connectivity index (χ4n) is 2.04. The van der Waals surface area contributed by atoms with Crippen molar-refractivity contribution in [1.29, 1.82) is 0 Å². The lowest BCUT2D eigenvalue weighted by atomic mass is 9.97. The molecule has 22 heavy (non-hydrogen) atoms. The van der Waals surface area contributed by atoms with Crippen LogP contribution in [0.3, 0.4) is 0 Å². The summed E-state index contributed by atoms with van der Waals surface area (Å²) < 4.78 is 16.1. The van der Waals surface area contributed by atoms with Gasteiger partial charge in [0.25, 0.3) is 0 Å². The molecule has 1 rings (SSSR count). The third kappa shape index (κ3) is 5.83. The molecule has 6 nitrogen and oxygen atoms in total. The van der Waals surface area contributed by atoms with E-state index in [1.54, 1.807) is 11.8 Å². The number of esters is 1. The number of nitrogens with zero attached hydrogens (tertiary/aromatic N) is 1. The maximum atomic E-state index is 11.8. The van der Waals surface area contributed by atoms with Crippen LogP contribution in [0.5, 0.6) is 0 Å². The highest BCUT2D eigenvalue weighted by molar-refractivity contribution is 5.72. The van der Waals surface area contributed by atoms with Crippen molar-refractivity contribution in [3.05, 3.63) is 0 Å². The van der Waals surface area contributed by atoms with Gasteiger partial charge in [0, 0.05) is 0 Å². The summed E-state index contributed by atoms with van der Waals surface area (Å²) in [7, 11) is 0. The fraction of sp³-hybridized carbons (Fsp3) is 0.875. The van der Waals surface area contributed by atoms with Gasteiger partial charge >= 0.3 is 12.1 Å². The average molecular weight is 315 g/mol. The maximum Gasteiger partial charge on any atom is 0.410 e. The van der Waals surface area contributed by atoms with Crippen LogP contribution in [0.25, 0.3) is 0 Å². The van der Waals surface area contributed by atoms with E-state index >= 15 is 0 Å². The molecule has 1 aliphatic heterocycles. The van der Waals surface area contributed by atoms with Gasteiger partial charge in [-0.1, -0.05) is 13.8 Å². The second kappa shape index (κ2) is 7.81. The summed E-state index contributed by atoms with van der Waals surface area (Å²) >= 11 is 0. The minimum atomic E-state index is -0.490. The standard InChI is InChI=1S/C16H29NO5/c1-7-20-14(18)13(11(2)3)10-21-12-8-17(9-12)15(19)22-16(4,5)6/h11-13H,7-10H2,1-6H3. The molecule has 1 heterocycles. The van der Waals surface area contributed by atoms with E-state index in [0.717, 1.165) is 0 Å². The fourth-order valence-corrected chi connectivity index (χ4v) is 2.04. The molecular formula is C16H29NO5. The quantitative estimate of drug-likeness (QED) is 0.704. The molecule has 0 N–H and O–H groups in total. The first kappa shape index (κ1) is 18.7. The Bertz CT molecular complexity index is 382.